The summed E-state index contributed by atoms with van der Waals surface area (Å²) in [6, 6.07) is 7.29. The van der Waals surface area contributed by atoms with E-state index >= 15 is 0 Å². The summed E-state index contributed by atoms with van der Waals surface area (Å²) < 4.78 is 4.78. The van der Waals surface area contributed by atoms with E-state index in [9.17, 15) is 9.59 Å². The zero-order chi connectivity index (χ0) is 14.5. The van der Waals surface area contributed by atoms with Crippen molar-refractivity contribution in [3.8, 4) is 0 Å². The van der Waals surface area contributed by atoms with E-state index in [0.29, 0.717) is 12.0 Å². The molecular weight excluding hydrogens is 242 g/mol. The lowest BCUT2D eigenvalue weighted by Crippen LogP contribution is -2.52. The first-order valence-corrected chi connectivity index (χ1v) is 6.41. The monoisotopic (exact) mass is 263 g/mol. The molecule has 1 atom stereocenters. The van der Waals surface area contributed by atoms with E-state index in [4.69, 9.17) is 4.74 Å². The molecule has 0 radical (unpaired) electrons. The maximum absolute atomic E-state index is 12.3. The normalized spacial score (nSPS) is 13.5. The molecule has 0 unspecified atom stereocenters. The Kier molecular flexibility index (Phi) is 5.10. The van der Waals surface area contributed by atoms with Crippen molar-refractivity contribution in [2.45, 2.75) is 39.2 Å². The SMILES string of the molecule is CCC[C@](C)(NC(=O)c1ccccc1C)C(=O)OC. The van der Waals surface area contributed by atoms with Crippen molar-refractivity contribution >= 4 is 11.9 Å². The van der Waals surface area contributed by atoms with Gasteiger partial charge in [0.15, 0.2) is 0 Å². The highest BCUT2D eigenvalue weighted by Crippen LogP contribution is 2.16. The van der Waals surface area contributed by atoms with Gasteiger partial charge in [0.25, 0.3) is 5.91 Å². The fourth-order valence-corrected chi connectivity index (χ4v) is 2.09. The first-order valence-electron chi connectivity index (χ1n) is 6.41. The number of carbonyl (C=O) groups is 2. The van der Waals surface area contributed by atoms with Crippen LogP contribution in [0.25, 0.3) is 0 Å². The lowest BCUT2D eigenvalue weighted by atomic mass is 9.95. The standard InChI is InChI=1S/C15H21NO3/c1-5-10-15(3,14(18)19-4)16-13(17)12-9-7-6-8-11(12)2/h6-9H,5,10H2,1-4H3,(H,16,17)/t15-/m0/s1. The Bertz CT molecular complexity index is 470. The molecule has 0 saturated heterocycles. The molecule has 4 heteroatoms. The quantitative estimate of drug-likeness (QED) is 0.830. The smallest absolute Gasteiger partial charge is 0.331 e. The Hall–Kier alpha value is -1.84. The molecule has 0 heterocycles. The third kappa shape index (κ3) is 3.56. The highest BCUT2D eigenvalue weighted by atomic mass is 16.5. The molecule has 1 aromatic rings. The second-order valence-electron chi connectivity index (χ2n) is 4.84. The van der Waals surface area contributed by atoms with Crippen LogP contribution in [-0.2, 0) is 9.53 Å². The van der Waals surface area contributed by atoms with E-state index in [2.05, 4.69) is 5.32 Å². The fourth-order valence-electron chi connectivity index (χ4n) is 2.09. The van der Waals surface area contributed by atoms with Crippen molar-refractivity contribution in [2.75, 3.05) is 7.11 Å². The van der Waals surface area contributed by atoms with E-state index in [0.717, 1.165) is 12.0 Å². The van der Waals surface area contributed by atoms with Gasteiger partial charge in [-0.15, -0.1) is 0 Å². The highest BCUT2D eigenvalue weighted by Gasteiger charge is 2.35. The molecule has 104 valence electrons. The largest absolute Gasteiger partial charge is 0.467 e. The van der Waals surface area contributed by atoms with E-state index < -0.39 is 11.5 Å². The van der Waals surface area contributed by atoms with Gasteiger partial charge in [0.1, 0.15) is 5.54 Å². The molecule has 1 amide bonds. The molecule has 19 heavy (non-hydrogen) atoms. The molecule has 0 spiro atoms. The van der Waals surface area contributed by atoms with Crippen LogP contribution in [0.3, 0.4) is 0 Å². The molecule has 1 aromatic carbocycles. The number of rotatable bonds is 5. The summed E-state index contributed by atoms with van der Waals surface area (Å²) in [5.74, 6) is -0.671. The van der Waals surface area contributed by atoms with Gasteiger partial charge in [-0.1, -0.05) is 31.5 Å². The molecule has 0 fully saturated rings. The summed E-state index contributed by atoms with van der Waals surface area (Å²) in [6.45, 7) is 5.52. The number of hydrogen-bond donors (Lipinski definition) is 1. The molecule has 0 aromatic heterocycles. The van der Waals surface area contributed by atoms with Crippen LogP contribution in [-0.4, -0.2) is 24.5 Å². The van der Waals surface area contributed by atoms with Gasteiger partial charge in [-0.05, 0) is 31.9 Å². The number of amides is 1. The zero-order valence-corrected chi connectivity index (χ0v) is 11.9. The van der Waals surface area contributed by atoms with E-state index in [1.54, 1.807) is 19.1 Å². The minimum Gasteiger partial charge on any atom is -0.467 e. The summed E-state index contributed by atoms with van der Waals surface area (Å²) in [4.78, 5) is 24.1. The van der Waals surface area contributed by atoms with Crippen molar-refractivity contribution in [1.82, 2.24) is 5.32 Å². The van der Waals surface area contributed by atoms with Gasteiger partial charge >= 0.3 is 5.97 Å². The summed E-state index contributed by atoms with van der Waals surface area (Å²) in [5, 5.41) is 2.79. The first kappa shape index (κ1) is 15.2. The van der Waals surface area contributed by atoms with Crippen LogP contribution in [0, 0.1) is 6.92 Å². The average molecular weight is 263 g/mol. The third-order valence-corrected chi connectivity index (χ3v) is 3.17. The molecule has 0 aliphatic heterocycles. The van der Waals surface area contributed by atoms with Gasteiger partial charge in [-0.25, -0.2) is 4.79 Å². The van der Waals surface area contributed by atoms with Crippen molar-refractivity contribution in [1.29, 1.82) is 0 Å². The Morgan fingerprint density at radius 1 is 1.32 bits per heavy atom. The van der Waals surface area contributed by atoms with E-state index in [1.165, 1.54) is 7.11 Å². The van der Waals surface area contributed by atoms with Crippen LogP contribution >= 0.6 is 0 Å². The van der Waals surface area contributed by atoms with Crippen LogP contribution in [0.4, 0.5) is 0 Å². The first-order chi connectivity index (χ1) is 8.94. The van der Waals surface area contributed by atoms with Crippen LogP contribution < -0.4 is 5.32 Å². The van der Waals surface area contributed by atoms with Crippen molar-refractivity contribution in [3.05, 3.63) is 35.4 Å². The van der Waals surface area contributed by atoms with Gasteiger partial charge in [-0.2, -0.15) is 0 Å². The maximum atomic E-state index is 12.3. The van der Waals surface area contributed by atoms with Crippen LogP contribution in [0.2, 0.25) is 0 Å². The fraction of sp³-hybridized carbons (Fsp3) is 0.467. The van der Waals surface area contributed by atoms with Gasteiger partial charge < -0.3 is 10.1 Å². The van der Waals surface area contributed by atoms with Gasteiger partial charge in [0.05, 0.1) is 7.11 Å². The van der Waals surface area contributed by atoms with E-state index in [1.807, 2.05) is 26.0 Å². The van der Waals surface area contributed by atoms with Gasteiger partial charge in [0.2, 0.25) is 0 Å². The topological polar surface area (TPSA) is 55.4 Å². The Morgan fingerprint density at radius 2 is 1.95 bits per heavy atom. The molecule has 4 nitrogen and oxygen atoms in total. The van der Waals surface area contributed by atoms with Crippen molar-refractivity contribution in [3.63, 3.8) is 0 Å². The van der Waals surface area contributed by atoms with Crippen molar-refractivity contribution in [2.24, 2.45) is 0 Å². The lowest BCUT2D eigenvalue weighted by molar-refractivity contribution is -0.147. The zero-order valence-electron chi connectivity index (χ0n) is 11.9. The molecule has 0 aliphatic rings. The Morgan fingerprint density at radius 3 is 2.47 bits per heavy atom. The van der Waals surface area contributed by atoms with Crippen LogP contribution in [0.5, 0.6) is 0 Å². The minimum absolute atomic E-state index is 0.251. The van der Waals surface area contributed by atoms with Crippen molar-refractivity contribution < 1.29 is 14.3 Å². The number of aryl methyl sites for hydroxylation is 1. The molecule has 1 N–H and O–H groups in total. The predicted octanol–water partition coefficient (Wildman–Crippen LogP) is 2.46. The highest BCUT2D eigenvalue weighted by molar-refractivity contribution is 5.99. The van der Waals surface area contributed by atoms with Crippen LogP contribution in [0.1, 0.15) is 42.6 Å². The molecule has 0 bridgehead atoms. The molecule has 0 aliphatic carbocycles. The van der Waals surface area contributed by atoms with Gasteiger partial charge in [0, 0.05) is 5.56 Å². The predicted molar refractivity (Wildman–Crippen MR) is 74.0 cm³/mol. The summed E-state index contributed by atoms with van der Waals surface area (Å²) in [6.07, 6.45) is 1.32. The number of methoxy groups -OCH3 is 1. The number of ether oxygens (including phenoxy) is 1. The lowest BCUT2D eigenvalue weighted by Gasteiger charge is -2.27. The van der Waals surface area contributed by atoms with Crippen LogP contribution in [0.15, 0.2) is 24.3 Å². The Balaban J connectivity index is 2.95. The number of nitrogens with one attached hydrogen (secondary N) is 1. The summed E-state index contributed by atoms with van der Waals surface area (Å²) >= 11 is 0. The molecule has 1 rings (SSSR count). The molecular formula is C15H21NO3. The second-order valence-corrected chi connectivity index (χ2v) is 4.84. The second kappa shape index (κ2) is 6.36. The summed E-state index contributed by atoms with van der Waals surface area (Å²) in [7, 11) is 1.33. The average Bonchev–Trinajstić information content (AvgIpc) is 2.38. The van der Waals surface area contributed by atoms with Gasteiger partial charge in [-0.3, -0.25) is 4.79 Å². The van der Waals surface area contributed by atoms with E-state index in [-0.39, 0.29) is 5.91 Å². The molecule has 0 saturated carbocycles. The number of benzene rings is 1. The minimum atomic E-state index is -0.983. The summed E-state index contributed by atoms with van der Waals surface area (Å²) in [5.41, 5.74) is 0.473. The Labute approximate surface area is 114 Å². The third-order valence-electron chi connectivity index (χ3n) is 3.17. The number of carbonyl (C=O) groups excluding carboxylic acids is 2. The number of esters is 1. The number of hydrogen-bond acceptors (Lipinski definition) is 3. The maximum Gasteiger partial charge on any atom is 0.331 e.